The minimum Gasteiger partial charge on any atom is -0.355 e. The van der Waals surface area contributed by atoms with E-state index in [1.54, 1.807) is 48.5 Å². The Hall–Kier alpha value is -3.54. The van der Waals surface area contributed by atoms with Crippen LogP contribution in [0.2, 0.25) is 0 Å². The largest absolute Gasteiger partial charge is 0.355 e. The van der Waals surface area contributed by atoms with Gasteiger partial charge in [-0.1, -0.05) is 30.3 Å². The van der Waals surface area contributed by atoms with E-state index in [0.29, 0.717) is 29.8 Å². The molecule has 0 aliphatic carbocycles. The fraction of sp³-hybridized carbons (Fsp3) is 0.136. The van der Waals surface area contributed by atoms with E-state index in [1.807, 2.05) is 6.07 Å². The number of nitrogens with one attached hydrogen (secondary N) is 2. The van der Waals surface area contributed by atoms with Crippen LogP contribution in [-0.4, -0.2) is 23.2 Å². The van der Waals surface area contributed by atoms with Crippen molar-refractivity contribution in [2.45, 2.75) is 13.3 Å². The van der Waals surface area contributed by atoms with Crippen LogP contribution in [0.3, 0.4) is 0 Å². The Balaban J connectivity index is 1.62. The first-order valence-corrected chi connectivity index (χ1v) is 8.88. The fourth-order valence-corrected chi connectivity index (χ4v) is 2.72. The lowest BCUT2D eigenvalue weighted by Gasteiger charge is -2.09. The summed E-state index contributed by atoms with van der Waals surface area (Å²) in [6.45, 7) is 1.81. The van der Waals surface area contributed by atoms with E-state index in [-0.39, 0.29) is 23.2 Å². The van der Waals surface area contributed by atoms with Crippen molar-refractivity contribution < 1.29 is 14.0 Å². The first-order valence-electron chi connectivity index (χ1n) is 8.88. The third kappa shape index (κ3) is 5.01. The second-order valence-corrected chi connectivity index (χ2v) is 6.29. The maximum atomic E-state index is 13.6. The topological polar surface area (TPSA) is 71.1 Å². The summed E-state index contributed by atoms with van der Waals surface area (Å²) in [7, 11) is 0. The number of rotatable bonds is 7. The molecule has 1 aromatic heterocycles. The number of carbonyl (C=O) groups excluding carboxylic acids is 2. The van der Waals surface area contributed by atoms with Gasteiger partial charge in [0.25, 0.3) is 5.91 Å². The number of Topliss-reactive ketones (excluding diaryl/α,β-unsaturated/α-hetero) is 1. The summed E-state index contributed by atoms with van der Waals surface area (Å²) >= 11 is 0. The maximum absolute atomic E-state index is 13.6. The van der Waals surface area contributed by atoms with Gasteiger partial charge in [-0.05, 0) is 49.2 Å². The van der Waals surface area contributed by atoms with Gasteiger partial charge in [-0.3, -0.25) is 14.6 Å². The zero-order valence-electron chi connectivity index (χ0n) is 15.4. The molecular formula is C22H20FN3O2. The highest BCUT2D eigenvalue weighted by Gasteiger charge is 2.09. The van der Waals surface area contributed by atoms with E-state index in [0.717, 1.165) is 5.69 Å². The van der Waals surface area contributed by atoms with Crippen LogP contribution in [0.5, 0.6) is 0 Å². The molecule has 0 saturated carbocycles. The van der Waals surface area contributed by atoms with Crippen LogP contribution in [0.1, 0.15) is 33.3 Å². The van der Waals surface area contributed by atoms with Crippen molar-refractivity contribution in [3.63, 3.8) is 0 Å². The van der Waals surface area contributed by atoms with Gasteiger partial charge < -0.3 is 10.6 Å². The van der Waals surface area contributed by atoms with Crippen LogP contribution in [-0.2, 0) is 6.42 Å². The quantitative estimate of drug-likeness (QED) is 0.607. The number of ketones is 1. The molecule has 0 atom stereocenters. The Kier molecular flexibility index (Phi) is 6.11. The molecule has 0 unspecified atom stereocenters. The third-order valence-electron chi connectivity index (χ3n) is 4.19. The Morgan fingerprint density at radius 2 is 1.79 bits per heavy atom. The van der Waals surface area contributed by atoms with Crippen LogP contribution in [0.4, 0.5) is 15.8 Å². The smallest absolute Gasteiger partial charge is 0.269 e. The average Bonchev–Trinajstić information content (AvgIpc) is 2.70. The molecule has 2 aromatic carbocycles. The molecule has 1 heterocycles. The number of aromatic nitrogens is 1. The Labute approximate surface area is 162 Å². The van der Waals surface area contributed by atoms with E-state index in [1.165, 1.54) is 19.2 Å². The minimum atomic E-state index is -0.336. The molecule has 3 aromatic rings. The summed E-state index contributed by atoms with van der Waals surface area (Å²) in [4.78, 5) is 27.9. The first kappa shape index (κ1) is 19.2. The molecule has 1 amide bonds. The number of nitrogens with zero attached hydrogens (tertiary/aromatic N) is 1. The second-order valence-electron chi connectivity index (χ2n) is 6.29. The fourth-order valence-electron chi connectivity index (χ4n) is 2.72. The van der Waals surface area contributed by atoms with E-state index < -0.39 is 0 Å². The third-order valence-corrected chi connectivity index (χ3v) is 4.19. The number of hydrogen-bond donors (Lipinski definition) is 2. The summed E-state index contributed by atoms with van der Waals surface area (Å²) in [6, 6.07) is 17.0. The Morgan fingerprint density at radius 1 is 1.00 bits per heavy atom. The van der Waals surface area contributed by atoms with Crippen LogP contribution >= 0.6 is 0 Å². The molecule has 142 valence electrons. The number of benzene rings is 2. The molecule has 28 heavy (non-hydrogen) atoms. The standard InChI is InChI=1S/C22H20FN3O2/c1-15(27)17-6-4-7-18(13-17)26-19-10-12-24-21(14-19)22(28)25-11-9-16-5-2-3-8-20(16)23/h2-8,10,12-14H,9,11H2,1H3,(H,24,26)(H,25,28). The summed E-state index contributed by atoms with van der Waals surface area (Å²) in [5.74, 6) is -0.639. The molecular weight excluding hydrogens is 357 g/mol. The van der Waals surface area contributed by atoms with Crippen molar-refractivity contribution in [2.75, 3.05) is 11.9 Å². The number of carbonyl (C=O) groups is 2. The lowest BCUT2D eigenvalue weighted by atomic mass is 10.1. The lowest BCUT2D eigenvalue weighted by Crippen LogP contribution is -2.26. The molecule has 0 bridgehead atoms. The summed E-state index contributed by atoms with van der Waals surface area (Å²) in [5, 5.41) is 5.91. The molecule has 0 radical (unpaired) electrons. The van der Waals surface area contributed by atoms with Crippen molar-refractivity contribution in [1.82, 2.24) is 10.3 Å². The van der Waals surface area contributed by atoms with Crippen molar-refractivity contribution >= 4 is 23.1 Å². The molecule has 3 rings (SSSR count). The van der Waals surface area contributed by atoms with Gasteiger partial charge in [0.1, 0.15) is 11.5 Å². The second kappa shape index (κ2) is 8.90. The van der Waals surface area contributed by atoms with Gasteiger partial charge in [0.15, 0.2) is 5.78 Å². The predicted molar refractivity (Wildman–Crippen MR) is 106 cm³/mol. The van der Waals surface area contributed by atoms with Crippen molar-refractivity contribution in [3.8, 4) is 0 Å². The highest BCUT2D eigenvalue weighted by atomic mass is 19.1. The van der Waals surface area contributed by atoms with Crippen molar-refractivity contribution in [1.29, 1.82) is 0 Å². The Bertz CT molecular complexity index is 1000. The Morgan fingerprint density at radius 3 is 2.57 bits per heavy atom. The molecule has 2 N–H and O–H groups in total. The maximum Gasteiger partial charge on any atom is 0.269 e. The van der Waals surface area contributed by atoms with Crippen LogP contribution in [0.15, 0.2) is 66.9 Å². The van der Waals surface area contributed by atoms with Crippen LogP contribution < -0.4 is 10.6 Å². The van der Waals surface area contributed by atoms with Gasteiger partial charge in [-0.15, -0.1) is 0 Å². The average molecular weight is 377 g/mol. The highest BCUT2D eigenvalue weighted by molar-refractivity contribution is 5.95. The number of halogens is 1. The van der Waals surface area contributed by atoms with E-state index in [9.17, 15) is 14.0 Å². The molecule has 0 spiro atoms. The predicted octanol–water partition coefficient (Wildman–Crippen LogP) is 4.14. The van der Waals surface area contributed by atoms with E-state index in [2.05, 4.69) is 15.6 Å². The minimum absolute atomic E-state index is 0.0201. The summed E-state index contributed by atoms with van der Waals surface area (Å²) < 4.78 is 13.6. The SMILES string of the molecule is CC(=O)c1cccc(Nc2ccnc(C(=O)NCCc3ccccc3F)c2)c1. The lowest BCUT2D eigenvalue weighted by molar-refractivity contribution is 0.0948. The number of pyridine rings is 1. The van der Waals surface area contributed by atoms with Crippen LogP contribution in [0, 0.1) is 5.82 Å². The van der Waals surface area contributed by atoms with Crippen molar-refractivity contribution in [2.24, 2.45) is 0 Å². The van der Waals surface area contributed by atoms with Gasteiger partial charge in [0.2, 0.25) is 0 Å². The molecule has 0 saturated heterocycles. The number of hydrogen-bond acceptors (Lipinski definition) is 4. The summed E-state index contributed by atoms with van der Waals surface area (Å²) in [5.41, 5.74) is 2.82. The first-order chi connectivity index (χ1) is 13.5. The van der Waals surface area contributed by atoms with E-state index in [4.69, 9.17) is 0 Å². The molecule has 0 aliphatic heterocycles. The normalized spacial score (nSPS) is 10.4. The highest BCUT2D eigenvalue weighted by Crippen LogP contribution is 2.18. The zero-order valence-corrected chi connectivity index (χ0v) is 15.4. The van der Waals surface area contributed by atoms with Gasteiger partial charge in [0, 0.05) is 29.7 Å². The number of anilines is 2. The zero-order chi connectivity index (χ0) is 19.9. The monoisotopic (exact) mass is 377 g/mol. The van der Waals surface area contributed by atoms with Gasteiger partial charge in [-0.25, -0.2) is 4.39 Å². The van der Waals surface area contributed by atoms with Gasteiger partial charge >= 0.3 is 0 Å². The van der Waals surface area contributed by atoms with Crippen molar-refractivity contribution in [3.05, 3.63) is 89.5 Å². The molecule has 0 fully saturated rings. The summed E-state index contributed by atoms with van der Waals surface area (Å²) in [6.07, 6.45) is 1.93. The van der Waals surface area contributed by atoms with E-state index >= 15 is 0 Å². The number of amides is 1. The van der Waals surface area contributed by atoms with Crippen LogP contribution in [0.25, 0.3) is 0 Å². The molecule has 5 nitrogen and oxygen atoms in total. The molecule has 6 heteroatoms. The van der Waals surface area contributed by atoms with Gasteiger partial charge in [-0.2, -0.15) is 0 Å². The van der Waals surface area contributed by atoms with Gasteiger partial charge in [0.05, 0.1) is 0 Å². The molecule has 0 aliphatic rings.